The van der Waals surface area contributed by atoms with Crippen LogP contribution in [0.4, 0.5) is 4.39 Å². The van der Waals surface area contributed by atoms with Crippen LogP contribution in [-0.2, 0) is 4.79 Å². The highest BCUT2D eigenvalue weighted by atomic mass is 19.1. The minimum atomic E-state index is 0. The Morgan fingerprint density at radius 1 is 1.75 bits per heavy atom. The van der Waals surface area contributed by atoms with Crippen LogP contribution in [0.15, 0.2) is 0 Å². The molecule has 0 aromatic carbocycles. The van der Waals surface area contributed by atoms with Gasteiger partial charge in [0.1, 0.15) is 0 Å². The van der Waals surface area contributed by atoms with Crippen LogP contribution in [0.3, 0.4) is 0 Å². The van der Waals surface area contributed by atoms with Gasteiger partial charge in [-0.3, -0.25) is 0 Å². The van der Waals surface area contributed by atoms with E-state index >= 15 is 0 Å². The predicted molar refractivity (Wildman–Crippen MR) is 8.94 cm³/mol. The smallest absolute Gasteiger partial charge is 0.249 e. The lowest BCUT2D eigenvalue weighted by atomic mass is 11.8. The van der Waals surface area contributed by atoms with Gasteiger partial charge in [0.25, 0.3) is 0 Å². The Morgan fingerprint density at radius 2 is 1.75 bits per heavy atom. The summed E-state index contributed by atoms with van der Waals surface area (Å²) in [7, 11) is 0. The number of halogens is 1. The summed E-state index contributed by atoms with van der Waals surface area (Å²) in [5.41, 5.74) is 0. The number of hydrogen-bond donors (Lipinski definition) is 0. The van der Waals surface area contributed by atoms with E-state index in [4.69, 9.17) is 4.79 Å². The first kappa shape index (κ1) is 9.59. The van der Waals surface area contributed by atoms with Crippen LogP contribution < -0.4 is 6.15 Å². The van der Waals surface area contributed by atoms with Crippen LogP contribution in [0, 0.1) is 0 Å². The molecule has 0 aromatic rings. The van der Waals surface area contributed by atoms with E-state index in [1.54, 1.807) is 0 Å². The van der Waals surface area contributed by atoms with Crippen LogP contribution in [0.1, 0.15) is 0 Å². The second kappa shape index (κ2) is 19.9. The molecule has 0 saturated carbocycles. The summed E-state index contributed by atoms with van der Waals surface area (Å²) >= 11 is 0. The molecule has 0 N–H and O–H groups in total. The van der Waals surface area contributed by atoms with Gasteiger partial charge in [-0.15, -0.1) is 0 Å². The second-order valence-corrected chi connectivity index (χ2v) is 0.0772. The lowest BCUT2D eigenvalue weighted by Crippen LogP contribution is -1.29. The molecule has 0 aromatic heterocycles. The van der Waals surface area contributed by atoms with E-state index in [-0.39, 0.29) is 12.7 Å². The van der Waals surface area contributed by atoms with Gasteiger partial charge in [-0.25, -0.2) is 4.79 Å². The first-order valence-electron chi connectivity index (χ1n) is 0.393. The maximum atomic E-state index is 9.49. The summed E-state index contributed by atoms with van der Waals surface area (Å²) in [5, 5.41) is 0. The van der Waals surface area contributed by atoms with Gasteiger partial charge in [-0.2, -0.15) is 4.39 Å². The van der Waals surface area contributed by atoms with Crippen LogP contribution in [0.25, 0.3) is 0 Å². The molecule has 0 heterocycles. The van der Waals surface area contributed by atoms with Gasteiger partial charge < -0.3 is 0 Å². The van der Waals surface area contributed by atoms with Crippen molar-refractivity contribution in [3.8, 4) is 0 Å². The van der Waals surface area contributed by atoms with Gasteiger partial charge in [0.05, 0.1) is 0 Å². The lowest BCUT2D eigenvalue weighted by molar-refractivity contribution is 0.510. The van der Waals surface area contributed by atoms with E-state index in [9.17, 15) is 4.39 Å². The third-order valence-electron chi connectivity index (χ3n) is 0. The molecule has 0 aliphatic carbocycles. The highest BCUT2D eigenvalue weighted by Crippen LogP contribution is 1.27. The van der Waals surface area contributed by atoms with E-state index in [2.05, 4.69) is 0 Å². The second-order valence-electron chi connectivity index (χ2n) is 0.0772. The summed E-state index contributed by atoms with van der Waals surface area (Å²) in [4.78, 5) is 8.01. The molecule has 0 aliphatic heterocycles. The van der Waals surface area contributed by atoms with Crippen molar-refractivity contribution >= 4 is 6.54 Å². The SMILES string of the molecule is O=[C]F.[N]. The Bertz CT molecular complexity index is 15.5. The van der Waals surface area contributed by atoms with Gasteiger partial charge in [0.15, 0.2) is 0 Å². The molecule has 0 unspecified atom stereocenters. The molecule has 3 heteroatoms. The van der Waals surface area contributed by atoms with E-state index in [1.807, 2.05) is 0 Å². The molecule has 0 rings (SSSR count). The van der Waals surface area contributed by atoms with Crippen molar-refractivity contribution in [2.75, 3.05) is 0 Å². The van der Waals surface area contributed by atoms with Crippen molar-refractivity contribution in [1.29, 1.82) is 0 Å². The molecule has 0 saturated heterocycles. The van der Waals surface area contributed by atoms with Crippen molar-refractivity contribution in [1.82, 2.24) is 6.15 Å². The Kier molecular flexibility index (Phi) is 47.6. The monoisotopic (exact) mass is 61.0 g/mol. The average molecular weight is 61.0 g/mol. The fourth-order valence-electron chi connectivity index (χ4n) is 0. The number of carbonyl (C=O) groups excluding carboxylic acids is 1. The standard InChI is InChI=1S/CFO.N/c2-1-3;. The summed E-state index contributed by atoms with van der Waals surface area (Å²) in [6, 6.07) is 0. The third kappa shape index (κ3) is 2.53. The molecule has 2 nitrogen and oxygen atoms in total. The highest BCUT2D eigenvalue weighted by molar-refractivity contribution is 5.35. The lowest BCUT2D eigenvalue weighted by Gasteiger charge is -1.15. The zero-order valence-electron chi connectivity index (χ0n) is 1.73. The number of hydrogen-bond acceptors (Lipinski definition) is 1. The highest BCUT2D eigenvalue weighted by Gasteiger charge is 1.37. The molecule has 4 heavy (non-hydrogen) atoms. The topological polar surface area (TPSA) is 47.6 Å². The maximum Gasteiger partial charge on any atom is 0.401 e. The van der Waals surface area contributed by atoms with Crippen molar-refractivity contribution in [3.63, 3.8) is 0 Å². The van der Waals surface area contributed by atoms with Crippen molar-refractivity contribution in [2.45, 2.75) is 0 Å². The Balaban J connectivity index is 0. The molecule has 0 fully saturated rings. The Hall–Kier alpha value is -0.440. The molecular weight excluding hydrogens is 61.0 g/mol. The fourth-order valence-corrected chi connectivity index (χ4v) is 0. The van der Waals surface area contributed by atoms with Crippen molar-refractivity contribution in [3.05, 3.63) is 0 Å². The third-order valence-corrected chi connectivity index (χ3v) is 0. The van der Waals surface area contributed by atoms with Crippen molar-refractivity contribution < 1.29 is 9.18 Å². The summed E-state index contributed by atoms with van der Waals surface area (Å²) in [5.74, 6) is 0. The maximum absolute atomic E-state index is 9.49. The molecule has 0 atom stereocenters. The molecule has 0 aliphatic rings. The minimum Gasteiger partial charge on any atom is -0.249 e. The Morgan fingerprint density at radius 3 is 1.75 bits per heavy atom. The average Bonchev–Trinajstić information content (AvgIpc) is 0.918. The van der Waals surface area contributed by atoms with Crippen molar-refractivity contribution in [2.24, 2.45) is 0 Å². The molecule has 0 amide bonds. The summed E-state index contributed by atoms with van der Waals surface area (Å²) in [6.45, 7) is 0. The van der Waals surface area contributed by atoms with E-state index in [0.717, 1.165) is 0 Å². The Labute approximate surface area is 23.2 Å². The molecule has 22 valence electrons. The normalized spacial score (nSPS) is 3.25. The predicted octanol–water partition coefficient (Wildman–Crippen LogP) is -0.458. The number of rotatable bonds is 0. The summed E-state index contributed by atoms with van der Waals surface area (Å²) < 4.78 is 9.49. The zero-order valence-corrected chi connectivity index (χ0v) is 1.73. The number of nitrogens with zero attached hydrogens (tertiary/aromatic N) is 1. The van der Waals surface area contributed by atoms with Gasteiger partial charge in [0, 0.05) is 6.15 Å². The zero-order chi connectivity index (χ0) is 2.71. The van der Waals surface area contributed by atoms with Crippen LogP contribution in [0.5, 0.6) is 0 Å². The van der Waals surface area contributed by atoms with Crippen LogP contribution in [0.2, 0.25) is 0 Å². The van der Waals surface area contributed by atoms with E-state index in [1.165, 1.54) is 0 Å². The molecule has 4 radical (unpaired) electrons. The fraction of sp³-hybridized carbons (Fsp3) is 0. The molecular formula is CFNO. The van der Waals surface area contributed by atoms with Gasteiger partial charge in [-0.1, -0.05) is 0 Å². The van der Waals surface area contributed by atoms with Gasteiger partial charge in [-0.05, 0) is 0 Å². The molecule has 0 bridgehead atoms. The first-order chi connectivity index (χ1) is 1.41. The van der Waals surface area contributed by atoms with E-state index < -0.39 is 0 Å². The van der Waals surface area contributed by atoms with E-state index in [0.29, 0.717) is 0 Å². The van der Waals surface area contributed by atoms with Gasteiger partial charge in [0.2, 0.25) is 0 Å². The largest absolute Gasteiger partial charge is 0.401 e. The minimum absolute atomic E-state index is 0. The molecule has 0 spiro atoms. The summed E-state index contributed by atoms with van der Waals surface area (Å²) in [6.07, 6.45) is 0. The van der Waals surface area contributed by atoms with Crippen LogP contribution >= 0.6 is 0 Å². The quantitative estimate of drug-likeness (QED) is 0.349. The van der Waals surface area contributed by atoms with Crippen LogP contribution in [-0.4, -0.2) is 6.54 Å². The first-order valence-corrected chi connectivity index (χ1v) is 0.393. The van der Waals surface area contributed by atoms with Gasteiger partial charge >= 0.3 is 6.54 Å².